The number of thiol groups is 1. The third-order valence-corrected chi connectivity index (χ3v) is 5.45. The average molecular weight is 420 g/mol. The summed E-state index contributed by atoms with van der Waals surface area (Å²) in [7, 11) is 0. The Labute approximate surface area is 180 Å². The first-order valence-electron chi connectivity index (χ1n) is 9.28. The predicted molar refractivity (Wildman–Crippen MR) is 115 cm³/mol. The Morgan fingerprint density at radius 1 is 1.10 bits per heavy atom. The van der Waals surface area contributed by atoms with Crippen LogP contribution < -0.4 is 9.80 Å². The summed E-state index contributed by atoms with van der Waals surface area (Å²) in [6.45, 7) is 5.60. The molecule has 0 saturated carbocycles. The van der Waals surface area contributed by atoms with Gasteiger partial charge in [-0.15, -0.1) is 12.6 Å². The molecule has 0 aliphatic carbocycles. The highest BCUT2D eigenvalue weighted by molar-refractivity contribution is 7.81. The lowest BCUT2D eigenvalue weighted by atomic mass is 10.0. The zero-order valence-corrected chi connectivity index (χ0v) is 17.7. The Morgan fingerprint density at radius 3 is 2.27 bits per heavy atom. The van der Waals surface area contributed by atoms with Crippen LogP contribution in [-0.2, 0) is 9.53 Å². The summed E-state index contributed by atoms with van der Waals surface area (Å²) in [5.74, 6) is -0.614. The van der Waals surface area contributed by atoms with E-state index in [9.17, 15) is 14.9 Å². The summed E-state index contributed by atoms with van der Waals surface area (Å²) in [6, 6.07) is 15.4. The molecule has 0 N–H and O–H groups in total. The van der Waals surface area contributed by atoms with Crippen molar-refractivity contribution in [1.82, 2.24) is 0 Å². The molecule has 7 nitrogen and oxygen atoms in total. The topological polar surface area (TPSA) is 97.4 Å². The highest BCUT2D eigenvalue weighted by Gasteiger charge is 2.51. The molecule has 0 spiro atoms. The van der Waals surface area contributed by atoms with Crippen molar-refractivity contribution in [3.05, 3.63) is 59.2 Å². The first kappa shape index (κ1) is 21.2. The highest BCUT2D eigenvalue weighted by Crippen LogP contribution is 2.40. The number of benzene rings is 2. The van der Waals surface area contributed by atoms with E-state index in [0.717, 1.165) is 0 Å². The van der Waals surface area contributed by atoms with Crippen molar-refractivity contribution in [3.8, 4) is 12.1 Å². The maximum atomic E-state index is 13.2. The van der Waals surface area contributed by atoms with Gasteiger partial charge in [-0.2, -0.15) is 10.5 Å². The number of anilines is 2. The fraction of sp³-hybridized carbons (Fsp3) is 0.273. The van der Waals surface area contributed by atoms with Gasteiger partial charge in [0.1, 0.15) is 17.7 Å². The van der Waals surface area contributed by atoms with E-state index in [1.807, 2.05) is 17.0 Å². The van der Waals surface area contributed by atoms with Crippen LogP contribution in [0.2, 0.25) is 0 Å². The highest BCUT2D eigenvalue weighted by atomic mass is 32.1. The second-order valence-corrected chi connectivity index (χ2v) is 7.63. The Balaban J connectivity index is 1.99. The molecule has 1 atom stereocenters. The van der Waals surface area contributed by atoms with Crippen LogP contribution in [0.1, 0.15) is 42.3 Å². The predicted octanol–water partition coefficient (Wildman–Crippen LogP) is 3.45. The SMILES string of the molecule is CCOC(=O)c1ccc(N2C(S)N(c3ccc(C#N)c(C#N)c3)C(=O)C2(C)C)cc1. The lowest BCUT2D eigenvalue weighted by Crippen LogP contribution is -2.44. The van der Waals surface area contributed by atoms with Crippen molar-refractivity contribution in [2.45, 2.75) is 31.8 Å². The number of amides is 1. The maximum Gasteiger partial charge on any atom is 0.338 e. The minimum absolute atomic E-state index is 0.193. The first-order chi connectivity index (χ1) is 14.3. The largest absolute Gasteiger partial charge is 0.462 e. The van der Waals surface area contributed by atoms with Gasteiger partial charge in [-0.1, -0.05) is 0 Å². The van der Waals surface area contributed by atoms with E-state index in [1.54, 1.807) is 51.1 Å². The zero-order valence-electron chi connectivity index (χ0n) is 16.8. The third-order valence-electron chi connectivity index (χ3n) is 4.99. The van der Waals surface area contributed by atoms with Crippen LogP contribution in [0.3, 0.4) is 0 Å². The monoisotopic (exact) mass is 420 g/mol. The van der Waals surface area contributed by atoms with Crippen molar-refractivity contribution in [1.29, 1.82) is 10.5 Å². The van der Waals surface area contributed by atoms with Gasteiger partial charge in [0, 0.05) is 11.4 Å². The molecule has 3 rings (SSSR count). The van der Waals surface area contributed by atoms with Gasteiger partial charge >= 0.3 is 5.97 Å². The van der Waals surface area contributed by atoms with Gasteiger partial charge in [0.2, 0.25) is 0 Å². The molecule has 1 heterocycles. The second-order valence-electron chi connectivity index (χ2n) is 7.17. The molecule has 2 aromatic carbocycles. The molecule has 1 fully saturated rings. The minimum atomic E-state index is -0.932. The molecule has 2 aromatic rings. The van der Waals surface area contributed by atoms with Crippen molar-refractivity contribution in [2.24, 2.45) is 0 Å². The van der Waals surface area contributed by atoms with Crippen LogP contribution in [0.25, 0.3) is 0 Å². The van der Waals surface area contributed by atoms with Gasteiger partial charge in [0.05, 0.1) is 23.3 Å². The molecular weight excluding hydrogens is 400 g/mol. The van der Waals surface area contributed by atoms with E-state index >= 15 is 0 Å². The number of hydrogen-bond acceptors (Lipinski definition) is 7. The van der Waals surface area contributed by atoms with E-state index in [4.69, 9.17) is 10.00 Å². The quantitative estimate of drug-likeness (QED) is 0.601. The third kappa shape index (κ3) is 3.47. The van der Waals surface area contributed by atoms with Crippen molar-refractivity contribution in [3.63, 3.8) is 0 Å². The number of nitriles is 2. The molecular formula is C22H20N4O3S. The Hall–Kier alpha value is -3.49. The van der Waals surface area contributed by atoms with Gasteiger partial charge in [0.15, 0.2) is 5.50 Å². The average Bonchev–Trinajstić information content (AvgIpc) is 2.91. The number of nitrogens with zero attached hydrogens (tertiary/aromatic N) is 4. The lowest BCUT2D eigenvalue weighted by molar-refractivity contribution is -0.120. The summed E-state index contributed by atoms with van der Waals surface area (Å²) in [5.41, 5.74) is 0.459. The number of rotatable bonds is 4. The minimum Gasteiger partial charge on any atom is -0.462 e. The van der Waals surface area contributed by atoms with Crippen molar-refractivity contribution in [2.75, 3.05) is 16.4 Å². The van der Waals surface area contributed by atoms with Crippen LogP contribution in [0.5, 0.6) is 0 Å². The number of carbonyl (C=O) groups excluding carboxylic acids is 2. The summed E-state index contributed by atoms with van der Waals surface area (Å²) in [4.78, 5) is 28.5. The second kappa shape index (κ2) is 8.10. The van der Waals surface area contributed by atoms with Gasteiger partial charge in [0.25, 0.3) is 5.91 Å². The van der Waals surface area contributed by atoms with E-state index < -0.39 is 17.0 Å². The zero-order chi connectivity index (χ0) is 22.1. The number of esters is 1. The molecule has 0 radical (unpaired) electrons. The number of carbonyl (C=O) groups is 2. The summed E-state index contributed by atoms with van der Waals surface area (Å²) >= 11 is 4.68. The maximum absolute atomic E-state index is 13.2. The normalized spacial score (nSPS) is 17.4. The van der Waals surface area contributed by atoms with Crippen LogP contribution in [0, 0.1) is 22.7 Å². The smallest absolute Gasteiger partial charge is 0.338 e. The number of hydrogen-bond donors (Lipinski definition) is 1. The van der Waals surface area contributed by atoms with Crippen molar-refractivity contribution >= 4 is 35.9 Å². The number of ether oxygens (including phenoxy) is 1. The van der Waals surface area contributed by atoms with Crippen molar-refractivity contribution < 1.29 is 14.3 Å². The van der Waals surface area contributed by atoms with Gasteiger partial charge in [-0.05, 0) is 63.2 Å². The molecule has 0 aromatic heterocycles. The first-order valence-corrected chi connectivity index (χ1v) is 9.80. The van der Waals surface area contributed by atoms with E-state index in [1.165, 1.54) is 17.0 Å². The summed E-state index contributed by atoms with van der Waals surface area (Å²) < 4.78 is 5.01. The van der Waals surface area contributed by atoms with Crippen LogP contribution >= 0.6 is 12.6 Å². The lowest BCUT2D eigenvalue weighted by Gasteiger charge is -2.33. The molecule has 1 amide bonds. The Bertz CT molecular complexity index is 1080. The molecule has 1 aliphatic rings. The molecule has 1 unspecified atom stereocenters. The molecule has 8 heteroatoms. The molecule has 1 saturated heterocycles. The standard InChI is InChI=1S/C22H20N4O3S/c1-4-29-19(27)14-5-8-17(9-6-14)26-21(30)25(20(28)22(26,2)3)18-10-7-15(12-23)16(11-18)13-24/h5-11,21,30H,4H2,1-3H3. The molecule has 0 bridgehead atoms. The molecule has 152 valence electrons. The van der Waals surface area contributed by atoms with E-state index in [0.29, 0.717) is 16.9 Å². The van der Waals surface area contributed by atoms with Crippen LogP contribution in [0.15, 0.2) is 42.5 Å². The Kier molecular flexibility index (Phi) is 5.73. The van der Waals surface area contributed by atoms with E-state index in [-0.39, 0.29) is 23.6 Å². The van der Waals surface area contributed by atoms with Gasteiger partial charge in [-0.25, -0.2) is 4.79 Å². The fourth-order valence-electron chi connectivity index (χ4n) is 3.46. The van der Waals surface area contributed by atoms with E-state index in [2.05, 4.69) is 12.6 Å². The summed E-state index contributed by atoms with van der Waals surface area (Å²) in [6.07, 6.45) is 0. The Morgan fingerprint density at radius 2 is 1.70 bits per heavy atom. The summed E-state index contributed by atoms with van der Waals surface area (Å²) in [5, 5.41) is 18.5. The molecule has 30 heavy (non-hydrogen) atoms. The van der Waals surface area contributed by atoms with Gasteiger partial charge < -0.3 is 9.64 Å². The fourth-order valence-corrected chi connectivity index (χ4v) is 4.12. The van der Waals surface area contributed by atoms with Crippen LogP contribution in [-0.4, -0.2) is 29.5 Å². The molecule has 1 aliphatic heterocycles. The van der Waals surface area contributed by atoms with Gasteiger partial charge in [-0.3, -0.25) is 9.69 Å². The van der Waals surface area contributed by atoms with Crippen LogP contribution in [0.4, 0.5) is 11.4 Å².